The Morgan fingerprint density at radius 2 is 1.77 bits per heavy atom. The summed E-state index contributed by atoms with van der Waals surface area (Å²) in [5.41, 5.74) is 2.02. The van der Waals surface area contributed by atoms with E-state index in [1.54, 1.807) is 0 Å². The third kappa shape index (κ3) is 1.79. The first-order valence-corrected chi connectivity index (χ1v) is 5.70. The second-order valence-electron chi connectivity index (χ2n) is 3.25. The van der Waals surface area contributed by atoms with Gasteiger partial charge in [-0.25, -0.2) is 0 Å². The summed E-state index contributed by atoms with van der Waals surface area (Å²) >= 11 is 6.80. The SMILES string of the molecule is N#Cc1c(Br)cc(C2CC2)cc1Br. The largest absolute Gasteiger partial charge is 0.192 e. The Bertz CT molecular complexity index is 365. The maximum Gasteiger partial charge on any atom is 0.102 e. The summed E-state index contributed by atoms with van der Waals surface area (Å²) in [6, 6.07) is 6.27. The number of benzene rings is 1. The van der Waals surface area contributed by atoms with Crippen molar-refractivity contribution in [2.24, 2.45) is 0 Å². The van der Waals surface area contributed by atoms with E-state index in [9.17, 15) is 0 Å². The van der Waals surface area contributed by atoms with Crippen LogP contribution >= 0.6 is 31.9 Å². The number of hydrogen-bond acceptors (Lipinski definition) is 1. The van der Waals surface area contributed by atoms with Crippen molar-refractivity contribution in [2.75, 3.05) is 0 Å². The first-order valence-electron chi connectivity index (χ1n) is 4.11. The third-order valence-corrected chi connectivity index (χ3v) is 3.48. The van der Waals surface area contributed by atoms with E-state index < -0.39 is 0 Å². The Labute approximate surface area is 94.0 Å². The molecule has 1 aliphatic rings. The van der Waals surface area contributed by atoms with E-state index >= 15 is 0 Å². The number of nitriles is 1. The zero-order valence-corrected chi connectivity index (χ0v) is 10.0. The number of nitrogens with zero attached hydrogens (tertiary/aromatic N) is 1. The highest BCUT2D eigenvalue weighted by molar-refractivity contribution is 9.11. The van der Waals surface area contributed by atoms with E-state index in [0.717, 1.165) is 14.9 Å². The van der Waals surface area contributed by atoms with Crippen LogP contribution in [-0.4, -0.2) is 0 Å². The summed E-state index contributed by atoms with van der Waals surface area (Å²) in [6.45, 7) is 0. The normalized spacial score (nSPS) is 15.5. The summed E-state index contributed by atoms with van der Waals surface area (Å²) in [5, 5.41) is 8.83. The Kier molecular flexibility index (Phi) is 2.44. The minimum atomic E-state index is 0.685. The van der Waals surface area contributed by atoms with Gasteiger partial charge in [0.2, 0.25) is 0 Å². The molecule has 0 aliphatic heterocycles. The van der Waals surface area contributed by atoms with Crippen LogP contribution in [0.15, 0.2) is 21.1 Å². The van der Waals surface area contributed by atoms with Crippen molar-refractivity contribution in [3.8, 4) is 6.07 Å². The van der Waals surface area contributed by atoms with Crippen LogP contribution in [0.3, 0.4) is 0 Å². The van der Waals surface area contributed by atoms with Crippen molar-refractivity contribution < 1.29 is 0 Å². The summed E-state index contributed by atoms with van der Waals surface area (Å²) in [7, 11) is 0. The summed E-state index contributed by atoms with van der Waals surface area (Å²) in [6.07, 6.45) is 2.57. The van der Waals surface area contributed by atoms with Crippen LogP contribution in [0, 0.1) is 11.3 Å². The zero-order valence-electron chi connectivity index (χ0n) is 6.85. The van der Waals surface area contributed by atoms with Gasteiger partial charge >= 0.3 is 0 Å². The molecule has 0 radical (unpaired) electrons. The van der Waals surface area contributed by atoms with Crippen LogP contribution in [-0.2, 0) is 0 Å². The first kappa shape index (κ1) is 9.23. The van der Waals surface area contributed by atoms with Gasteiger partial charge in [0, 0.05) is 8.95 Å². The molecule has 1 aromatic carbocycles. The monoisotopic (exact) mass is 299 g/mol. The molecule has 1 saturated carbocycles. The number of hydrogen-bond donors (Lipinski definition) is 0. The average molecular weight is 301 g/mol. The Balaban J connectivity index is 2.50. The molecule has 0 heterocycles. The van der Waals surface area contributed by atoms with E-state index in [1.165, 1.54) is 18.4 Å². The van der Waals surface area contributed by atoms with E-state index in [-0.39, 0.29) is 0 Å². The van der Waals surface area contributed by atoms with E-state index in [4.69, 9.17) is 5.26 Å². The fraction of sp³-hybridized carbons (Fsp3) is 0.300. The maximum absolute atomic E-state index is 8.83. The standard InChI is InChI=1S/C10H7Br2N/c11-9-3-7(6-1-2-6)4-10(12)8(9)5-13/h3-4,6H,1-2H2. The lowest BCUT2D eigenvalue weighted by molar-refractivity contribution is 1.12. The van der Waals surface area contributed by atoms with Crippen molar-refractivity contribution in [2.45, 2.75) is 18.8 Å². The van der Waals surface area contributed by atoms with E-state index in [0.29, 0.717) is 5.56 Å². The lowest BCUT2D eigenvalue weighted by atomic mass is 10.1. The van der Waals surface area contributed by atoms with Gasteiger partial charge in [0.05, 0.1) is 5.56 Å². The third-order valence-electron chi connectivity index (χ3n) is 2.22. The van der Waals surface area contributed by atoms with Crippen LogP contribution in [0.2, 0.25) is 0 Å². The van der Waals surface area contributed by atoms with Gasteiger partial charge in [-0.3, -0.25) is 0 Å². The van der Waals surface area contributed by atoms with Crippen LogP contribution in [0.5, 0.6) is 0 Å². The topological polar surface area (TPSA) is 23.8 Å². The molecule has 1 nitrogen and oxygen atoms in total. The molecule has 2 rings (SSSR count). The second kappa shape index (κ2) is 3.43. The van der Waals surface area contributed by atoms with E-state index in [1.807, 2.05) is 0 Å². The molecule has 0 unspecified atom stereocenters. The molecule has 13 heavy (non-hydrogen) atoms. The molecule has 0 N–H and O–H groups in total. The van der Waals surface area contributed by atoms with Gasteiger partial charge < -0.3 is 0 Å². The quantitative estimate of drug-likeness (QED) is 0.770. The second-order valence-corrected chi connectivity index (χ2v) is 4.95. The van der Waals surface area contributed by atoms with Crippen molar-refractivity contribution >= 4 is 31.9 Å². The molecule has 0 amide bonds. The zero-order chi connectivity index (χ0) is 9.42. The van der Waals surface area contributed by atoms with Crippen molar-refractivity contribution in [1.29, 1.82) is 5.26 Å². The molecule has 1 aliphatic carbocycles. The Morgan fingerprint density at radius 3 is 2.15 bits per heavy atom. The smallest absolute Gasteiger partial charge is 0.102 e. The van der Waals surface area contributed by atoms with Crippen molar-refractivity contribution in [1.82, 2.24) is 0 Å². The number of rotatable bonds is 1. The summed E-state index contributed by atoms with van der Waals surface area (Å²) in [5.74, 6) is 0.723. The maximum atomic E-state index is 8.83. The van der Waals surface area contributed by atoms with Gasteiger partial charge in [-0.2, -0.15) is 5.26 Å². The summed E-state index contributed by atoms with van der Waals surface area (Å²) in [4.78, 5) is 0. The van der Waals surface area contributed by atoms with Gasteiger partial charge in [0.15, 0.2) is 0 Å². The van der Waals surface area contributed by atoms with Gasteiger partial charge in [-0.15, -0.1) is 0 Å². The Morgan fingerprint density at radius 1 is 1.23 bits per heavy atom. The van der Waals surface area contributed by atoms with Crippen LogP contribution in [0.25, 0.3) is 0 Å². The highest BCUT2D eigenvalue weighted by Crippen LogP contribution is 2.42. The predicted molar refractivity (Wildman–Crippen MR) is 58.5 cm³/mol. The fourth-order valence-corrected chi connectivity index (χ4v) is 2.75. The van der Waals surface area contributed by atoms with E-state index in [2.05, 4.69) is 50.1 Å². The van der Waals surface area contributed by atoms with Crippen molar-refractivity contribution in [3.63, 3.8) is 0 Å². The van der Waals surface area contributed by atoms with Crippen LogP contribution < -0.4 is 0 Å². The summed E-state index contributed by atoms with van der Waals surface area (Å²) < 4.78 is 1.79. The van der Waals surface area contributed by atoms with Gasteiger partial charge in [-0.05, 0) is 68.3 Å². The molecule has 0 atom stereocenters. The number of halogens is 2. The molecule has 0 saturated heterocycles. The molecular formula is C10H7Br2N. The highest BCUT2D eigenvalue weighted by Gasteiger charge is 2.24. The van der Waals surface area contributed by atoms with Crippen molar-refractivity contribution in [3.05, 3.63) is 32.2 Å². The molecule has 0 spiro atoms. The average Bonchev–Trinajstić information content (AvgIpc) is 2.85. The highest BCUT2D eigenvalue weighted by atomic mass is 79.9. The van der Waals surface area contributed by atoms with Gasteiger partial charge in [0.1, 0.15) is 6.07 Å². The molecule has 0 aromatic heterocycles. The minimum absolute atomic E-state index is 0.685. The molecular weight excluding hydrogens is 294 g/mol. The molecule has 0 bridgehead atoms. The van der Waals surface area contributed by atoms with Crippen LogP contribution in [0.1, 0.15) is 29.9 Å². The first-order chi connectivity index (χ1) is 6.22. The predicted octanol–water partition coefficient (Wildman–Crippen LogP) is 3.96. The minimum Gasteiger partial charge on any atom is -0.192 e. The van der Waals surface area contributed by atoms with Gasteiger partial charge in [0.25, 0.3) is 0 Å². The van der Waals surface area contributed by atoms with Gasteiger partial charge in [-0.1, -0.05) is 0 Å². The molecule has 66 valence electrons. The lowest BCUT2D eigenvalue weighted by Gasteiger charge is -2.03. The Hall–Kier alpha value is -0.330. The molecule has 1 aromatic rings. The lowest BCUT2D eigenvalue weighted by Crippen LogP contribution is -1.85. The molecule has 1 fully saturated rings. The molecule has 3 heteroatoms. The fourth-order valence-electron chi connectivity index (χ4n) is 1.35. The van der Waals surface area contributed by atoms with Crippen LogP contribution in [0.4, 0.5) is 0 Å².